The highest BCUT2D eigenvalue weighted by Crippen LogP contribution is 2.29. The number of phenolic OH excluding ortho intramolecular Hbond substituents is 1. The Bertz CT molecular complexity index is 412. The molecule has 1 amide bonds. The van der Waals surface area contributed by atoms with Gasteiger partial charge >= 0.3 is 0 Å². The monoisotopic (exact) mass is 219 g/mol. The third-order valence-electron chi connectivity index (χ3n) is 3.06. The number of hydrogen-bond acceptors (Lipinski definition) is 2. The summed E-state index contributed by atoms with van der Waals surface area (Å²) in [6.45, 7) is 5.94. The third-order valence-corrected chi connectivity index (χ3v) is 3.06. The Morgan fingerprint density at radius 2 is 2.19 bits per heavy atom. The lowest BCUT2D eigenvalue weighted by molar-refractivity contribution is 0.0778. The molecule has 0 spiro atoms. The molecule has 0 aromatic heterocycles. The zero-order chi connectivity index (χ0) is 11.8. The Hall–Kier alpha value is -1.51. The summed E-state index contributed by atoms with van der Waals surface area (Å²) in [4.78, 5) is 14.0. The molecule has 0 unspecified atom stereocenters. The van der Waals surface area contributed by atoms with Gasteiger partial charge in [-0.1, -0.05) is 19.9 Å². The summed E-state index contributed by atoms with van der Waals surface area (Å²) < 4.78 is 0. The van der Waals surface area contributed by atoms with E-state index in [4.69, 9.17) is 0 Å². The van der Waals surface area contributed by atoms with Crippen molar-refractivity contribution in [3.63, 3.8) is 0 Å². The van der Waals surface area contributed by atoms with Gasteiger partial charge in [-0.3, -0.25) is 4.79 Å². The number of amides is 1. The topological polar surface area (TPSA) is 40.5 Å². The minimum atomic E-state index is 0.0153. The van der Waals surface area contributed by atoms with Crippen molar-refractivity contribution in [3.8, 4) is 5.75 Å². The van der Waals surface area contributed by atoms with E-state index in [9.17, 15) is 9.90 Å². The van der Waals surface area contributed by atoms with E-state index in [-0.39, 0.29) is 17.1 Å². The molecule has 3 heteroatoms. The van der Waals surface area contributed by atoms with Crippen LogP contribution in [0.25, 0.3) is 0 Å². The van der Waals surface area contributed by atoms with Gasteiger partial charge in [0.05, 0.1) is 0 Å². The van der Waals surface area contributed by atoms with E-state index in [0.29, 0.717) is 5.56 Å². The van der Waals surface area contributed by atoms with Crippen molar-refractivity contribution >= 4 is 5.91 Å². The maximum absolute atomic E-state index is 12.1. The normalized spacial score (nSPS) is 18.8. The fourth-order valence-corrected chi connectivity index (χ4v) is 2.11. The summed E-state index contributed by atoms with van der Waals surface area (Å²) in [6, 6.07) is 6.54. The van der Waals surface area contributed by atoms with Crippen LogP contribution in [0.2, 0.25) is 0 Å². The first-order valence-electron chi connectivity index (χ1n) is 5.56. The average Bonchev–Trinajstić information content (AvgIpc) is 2.58. The van der Waals surface area contributed by atoms with Crippen LogP contribution < -0.4 is 0 Å². The van der Waals surface area contributed by atoms with Crippen molar-refractivity contribution in [1.82, 2.24) is 4.90 Å². The minimum Gasteiger partial charge on any atom is -0.508 e. The van der Waals surface area contributed by atoms with E-state index < -0.39 is 0 Å². The van der Waals surface area contributed by atoms with Crippen molar-refractivity contribution in [2.24, 2.45) is 5.41 Å². The van der Waals surface area contributed by atoms with Crippen molar-refractivity contribution in [2.75, 3.05) is 13.1 Å². The van der Waals surface area contributed by atoms with Crippen LogP contribution in [0.15, 0.2) is 24.3 Å². The smallest absolute Gasteiger partial charge is 0.254 e. The minimum absolute atomic E-state index is 0.0153. The van der Waals surface area contributed by atoms with Crippen LogP contribution >= 0.6 is 0 Å². The van der Waals surface area contributed by atoms with Crippen molar-refractivity contribution in [2.45, 2.75) is 20.3 Å². The van der Waals surface area contributed by atoms with Crippen LogP contribution in [0, 0.1) is 5.41 Å². The van der Waals surface area contributed by atoms with Crippen molar-refractivity contribution in [3.05, 3.63) is 29.8 Å². The summed E-state index contributed by atoms with van der Waals surface area (Å²) in [5.74, 6) is 0.158. The van der Waals surface area contributed by atoms with Gasteiger partial charge in [0.25, 0.3) is 5.91 Å². The van der Waals surface area contributed by atoms with Crippen LogP contribution in [-0.2, 0) is 0 Å². The molecule has 1 aliphatic heterocycles. The number of carbonyl (C=O) groups is 1. The van der Waals surface area contributed by atoms with E-state index in [1.54, 1.807) is 18.2 Å². The van der Waals surface area contributed by atoms with Gasteiger partial charge in [0.1, 0.15) is 5.75 Å². The Kier molecular flexibility index (Phi) is 2.62. The first kappa shape index (κ1) is 11.0. The third kappa shape index (κ3) is 2.18. The van der Waals surface area contributed by atoms with Gasteiger partial charge in [-0.15, -0.1) is 0 Å². The lowest BCUT2D eigenvalue weighted by Crippen LogP contribution is -2.30. The predicted molar refractivity (Wildman–Crippen MR) is 62.4 cm³/mol. The molecule has 0 saturated carbocycles. The van der Waals surface area contributed by atoms with Gasteiger partial charge in [0.2, 0.25) is 0 Å². The average molecular weight is 219 g/mol. The SMILES string of the molecule is CC1(C)CCN(C(=O)c2cccc(O)c2)C1. The van der Waals surface area contributed by atoms with Gasteiger partial charge in [0.15, 0.2) is 0 Å². The fraction of sp³-hybridized carbons (Fsp3) is 0.462. The largest absolute Gasteiger partial charge is 0.508 e. The van der Waals surface area contributed by atoms with Crippen LogP contribution in [0.1, 0.15) is 30.6 Å². The highest BCUT2D eigenvalue weighted by atomic mass is 16.3. The summed E-state index contributed by atoms with van der Waals surface area (Å²) in [5.41, 5.74) is 0.782. The molecule has 0 aliphatic carbocycles. The highest BCUT2D eigenvalue weighted by molar-refractivity contribution is 5.94. The second-order valence-corrected chi connectivity index (χ2v) is 5.19. The van der Waals surface area contributed by atoms with Crippen LogP contribution in [0.5, 0.6) is 5.75 Å². The summed E-state index contributed by atoms with van der Waals surface area (Å²) in [5, 5.41) is 9.34. The van der Waals surface area contributed by atoms with Crippen molar-refractivity contribution in [1.29, 1.82) is 0 Å². The second-order valence-electron chi connectivity index (χ2n) is 5.19. The molecule has 1 aliphatic rings. The molecule has 1 saturated heterocycles. The lowest BCUT2D eigenvalue weighted by atomic mass is 9.93. The Morgan fingerprint density at radius 1 is 1.44 bits per heavy atom. The quantitative estimate of drug-likeness (QED) is 0.787. The molecule has 1 N–H and O–H groups in total. The van der Waals surface area contributed by atoms with Crippen molar-refractivity contribution < 1.29 is 9.90 Å². The van der Waals surface area contributed by atoms with Gasteiger partial charge < -0.3 is 10.0 Å². The van der Waals surface area contributed by atoms with Crippen LogP contribution in [0.4, 0.5) is 0 Å². The zero-order valence-electron chi connectivity index (χ0n) is 9.73. The number of hydrogen-bond donors (Lipinski definition) is 1. The molecule has 16 heavy (non-hydrogen) atoms. The van der Waals surface area contributed by atoms with E-state index >= 15 is 0 Å². The molecule has 86 valence electrons. The molecule has 0 radical (unpaired) electrons. The summed E-state index contributed by atoms with van der Waals surface area (Å²) in [7, 11) is 0. The molecule has 3 nitrogen and oxygen atoms in total. The molecule has 1 aromatic rings. The molecule has 1 fully saturated rings. The molecule has 0 bridgehead atoms. The second kappa shape index (κ2) is 3.81. The van der Waals surface area contributed by atoms with Crippen LogP contribution in [-0.4, -0.2) is 29.0 Å². The fourth-order valence-electron chi connectivity index (χ4n) is 2.11. The summed E-state index contributed by atoms with van der Waals surface area (Å²) in [6.07, 6.45) is 1.04. The van der Waals surface area contributed by atoms with Gasteiger partial charge in [-0.2, -0.15) is 0 Å². The maximum Gasteiger partial charge on any atom is 0.254 e. The summed E-state index contributed by atoms with van der Waals surface area (Å²) >= 11 is 0. The number of carbonyl (C=O) groups excluding carboxylic acids is 1. The standard InChI is InChI=1S/C13H17NO2/c1-13(2)6-7-14(9-13)12(16)10-4-3-5-11(15)8-10/h3-5,8,15H,6-7,9H2,1-2H3. The first-order valence-corrected chi connectivity index (χ1v) is 5.56. The number of nitrogens with zero attached hydrogens (tertiary/aromatic N) is 1. The van der Waals surface area contributed by atoms with E-state index in [1.165, 1.54) is 6.07 Å². The molecule has 0 atom stereocenters. The van der Waals surface area contributed by atoms with E-state index in [1.807, 2.05) is 4.90 Å². The molecule has 2 rings (SSSR count). The molecule has 1 heterocycles. The van der Waals surface area contributed by atoms with E-state index in [2.05, 4.69) is 13.8 Å². The molecular formula is C13H17NO2. The highest BCUT2D eigenvalue weighted by Gasteiger charge is 2.32. The maximum atomic E-state index is 12.1. The molecule has 1 aromatic carbocycles. The number of likely N-dealkylation sites (tertiary alicyclic amines) is 1. The Balaban J connectivity index is 2.15. The lowest BCUT2D eigenvalue weighted by Gasteiger charge is -2.19. The number of benzene rings is 1. The number of rotatable bonds is 1. The Labute approximate surface area is 95.7 Å². The predicted octanol–water partition coefficient (Wildman–Crippen LogP) is 2.26. The first-order chi connectivity index (χ1) is 7.48. The van der Waals surface area contributed by atoms with Gasteiger partial charge in [-0.25, -0.2) is 0 Å². The van der Waals surface area contributed by atoms with Crippen LogP contribution in [0.3, 0.4) is 0 Å². The van der Waals surface area contributed by atoms with Gasteiger partial charge in [0, 0.05) is 18.7 Å². The number of phenols is 1. The Morgan fingerprint density at radius 3 is 2.75 bits per heavy atom. The van der Waals surface area contributed by atoms with E-state index in [0.717, 1.165) is 19.5 Å². The van der Waals surface area contributed by atoms with Gasteiger partial charge in [-0.05, 0) is 30.0 Å². The zero-order valence-corrected chi connectivity index (χ0v) is 9.73. The number of aromatic hydroxyl groups is 1. The molecular weight excluding hydrogens is 202 g/mol.